The second-order valence-corrected chi connectivity index (χ2v) is 29.3. The summed E-state index contributed by atoms with van der Waals surface area (Å²) >= 11 is -1.65. The number of hydrogen-bond donors (Lipinski definition) is 0. The molecule has 0 aliphatic rings. The number of halogens is 2. The van der Waals surface area contributed by atoms with Crippen molar-refractivity contribution in [2.45, 2.75) is 40.8 Å². The molecule has 0 aliphatic carbocycles. The first-order chi connectivity index (χ1) is 11.2. The molecule has 130 valence electrons. The topological polar surface area (TPSA) is 0 Å². The minimum Gasteiger partial charge on any atom is -0.208 e. The quantitative estimate of drug-likeness (QED) is 0.245. The van der Waals surface area contributed by atoms with Crippen molar-refractivity contribution in [3.8, 4) is 0 Å². The van der Waals surface area contributed by atoms with Gasteiger partial charge in [0.15, 0.2) is 0 Å². The Kier molecular flexibility index (Phi) is 9.82. The van der Waals surface area contributed by atoms with E-state index in [1.165, 1.54) is 33.0 Å². The third kappa shape index (κ3) is 7.83. The predicted octanol–water partition coefficient (Wildman–Crippen LogP) is 7.36. The number of hydrogen-bond acceptors (Lipinski definition) is 0. The fourth-order valence-electron chi connectivity index (χ4n) is 2.26. The van der Waals surface area contributed by atoms with Crippen molar-refractivity contribution in [2.24, 2.45) is 0 Å². The smallest absolute Gasteiger partial charge is 0.0579 e. The molecule has 0 aliphatic heterocycles. The van der Waals surface area contributed by atoms with Gasteiger partial charge in [-0.05, 0) is 0 Å². The van der Waals surface area contributed by atoms with E-state index in [1.54, 1.807) is 0 Å². The minimum absolute atomic E-state index is 0.224. The van der Waals surface area contributed by atoms with Gasteiger partial charge in [0.25, 0.3) is 0 Å². The second kappa shape index (κ2) is 10.8. The summed E-state index contributed by atoms with van der Waals surface area (Å²) in [6.45, 7) is 12.9. The molecule has 3 rings (SSSR count). The van der Waals surface area contributed by atoms with Crippen LogP contribution in [0.3, 0.4) is 0 Å². The van der Waals surface area contributed by atoms with Crippen LogP contribution >= 0.6 is 17.0 Å². The molecule has 3 aromatic carbocycles. The molecule has 4 heteroatoms. The van der Waals surface area contributed by atoms with Crippen molar-refractivity contribution in [1.29, 1.82) is 0 Å². The number of fused-ring (bicyclic) bond motifs is 1. The van der Waals surface area contributed by atoms with Gasteiger partial charge in [-0.3, -0.25) is 0 Å². The van der Waals surface area contributed by atoms with E-state index in [0.29, 0.717) is 0 Å². The summed E-state index contributed by atoms with van der Waals surface area (Å²) in [6, 6.07) is 17.2. The molecule has 0 saturated heterocycles. The Labute approximate surface area is 161 Å². The molecular formula is C20H26Cl2SiZr-2. The average molecular weight is 457 g/mol. The van der Waals surface area contributed by atoms with Crippen molar-refractivity contribution in [3.63, 3.8) is 0 Å². The normalized spacial score (nSPS) is 9.67. The largest absolute Gasteiger partial charge is 0.208 e. The van der Waals surface area contributed by atoms with Crippen molar-refractivity contribution in [1.82, 2.24) is 0 Å². The van der Waals surface area contributed by atoms with E-state index >= 15 is 0 Å². The van der Waals surface area contributed by atoms with Crippen molar-refractivity contribution < 1.29 is 18.0 Å². The monoisotopic (exact) mass is 454 g/mol. The summed E-state index contributed by atoms with van der Waals surface area (Å²) in [5, 5.41) is 2.69. The van der Waals surface area contributed by atoms with Gasteiger partial charge in [0.2, 0.25) is 0 Å². The van der Waals surface area contributed by atoms with E-state index in [4.69, 9.17) is 17.0 Å². The van der Waals surface area contributed by atoms with Gasteiger partial charge in [0.1, 0.15) is 0 Å². The molecule has 3 aromatic rings. The molecule has 0 N–H and O–H groups in total. The van der Waals surface area contributed by atoms with Crippen LogP contribution in [0, 0.1) is 27.7 Å². The molecule has 0 amide bonds. The summed E-state index contributed by atoms with van der Waals surface area (Å²) in [6.07, 6.45) is 0. The maximum atomic E-state index is 5.62. The van der Waals surface area contributed by atoms with E-state index in [2.05, 4.69) is 89.3 Å². The first-order valence-electron chi connectivity index (χ1n) is 8.01. The molecule has 0 aromatic heterocycles. The maximum Gasteiger partial charge on any atom is -0.0579 e. The summed E-state index contributed by atoms with van der Waals surface area (Å²) in [5.41, 5.74) is 5.31. The molecule has 0 bridgehead atoms. The Morgan fingerprint density at radius 2 is 1.42 bits per heavy atom. The fraction of sp³-hybridized carbons (Fsp3) is 0.300. The Hall–Kier alpha value is -0.140. The van der Waals surface area contributed by atoms with Gasteiger partial charge >= 0.3 is 53.5 Å². The molecule has 0 atom stereocenters. The Bertz CT molecular complexity index is 742. The van der Waals surface area contributed by atoms with Crippen LogP contribution in [-0.2, 0) is 18.0 Å². The van der Waals surface area contributed by atoms with Gasteiger partial charge in [-0.2, -0.15) is 28.8 Å². The van der Waals surface area contributed by atoms with Crippen LogP contribution in [0.4, 0.5) is 0 Å². The second-order valence-electron chi connectivity index (χ2n) is 6.32. The molecule has 0 nitrogen and oxygen atoms in total. The van der Waals surface area contributed by atoms with E-state index in [0.717, 1.165) is 0 Å². The van der Waals surface area contributed by atoms with Crippen LogP contribution in [0.5, 0.6) is 0 Å². The molecule has 0 saturated carbocycles. The van der Waals surface area contributed by atoms with Crippen LogP contribution in [-0.4, -0.2) is 5.43 Å². The average Bonchev–Trinajstić information content (AvgIpc) is 3.00. The zero-order valence-electron chi connectivity index (χ0n) is 15.4. The molecule has 24 heavy (non-hydrogen) atoms. The molecule has 0 unspecified atom stereocenters. The van der Waals surface area contributed by atoms with Gasteiger partial charge < -0.3 is 0 Å². The number of aryl methyl sites for hydroxylation is 4. The fourth-order valence-corrected chi connectivity index (χ4v) is 2.26. The van der Waals surface area contributed by atoms with E-state index in [1.807, 2.05) is 0 Å². The van der Waals surface area contributed by atoms with E-state index < -0.39 is 18.0 Å². The number of benzene rings is 1. The zero-order chi connectivity index (χ0) is 18.3. The van der Waals surface area contributed by atoms with Crippen LogP contribution in [0.25, 0.3) is 10.8 Å². The SMILES string of the molecule is C[Si](C)=[Zr]([Cl])[Cl].Cc1cc(C)c(C)[cH-]1.Cc1cc2ccccc2[cH-]1. The first-order valence-corrected chi connectivity index (χ1v) is 20.5. The first kappa shape index (κ1) is 21.9. The van der Waals surface area contributed by atoms with Crippen molar-refractivity contribution in [2.75, 3.05) is 0 Å². The summed E-state index contributed by atoms with van der Waals surface area (Å²) in [7, 11) is 11.2. The number of rotatable bonds is 0. The van der Waals surface area contributed by atoms with Crippen molar-refractivity contribution in [3.05, 3.63) is 70.8 Å². The Balaban J connectivity index is 0.000000188. The van der Waals surface area contributed by atoms with E-state index in [9.17, 15) is 0 Å². The van der Waals surface area contributed by atoms with Gasteiger partial charge in [0, 0.05) is 0 Å². The molecule has 0 spiro atoms. The maximum absolute atomic E-state index is 5.62. The van der Waals surface area contributed by atoms with Crippen molar-refractivity contribution >= 4 is 33.2 Å². The molecule has 0 heterocycles. The molecule has 0 fully saturated rings. The predicted molar refractivity (Wildman–Crippen MR) is 110 cm³/mol. The van der Waals surface area contributed by atoms with Gasteiger partial charge in [-0.1, -0.05) is 33.8 Å². The van der Waals surface area contributed by atoms with Crippen LogP contribution in [0.2, 0.25) is 13.1 Å². The van der Waals surface area contributed by atoms with Crippen LogP contribution < -0.4 is 0 Å². The summed E-state index contributed by atoms with van der Waals surface area (Å²) < 4.78 is 0. The van der Waals surface area contributed by atoms with Gasteiger partial charge in [0.05, 0.1) is 0 Å². The standard InChI is InChI=1S/C10H9.C8H11.C2H6Si.2ClH.Zr/c1-8-6-9-4-2-3-5-10(9)7-8;1-6-4-7(2)8(3)5-6;1-3-2;;;/h2-7H,1H3;4-5H,1-3H3;1-2H3;2*1H;/q2*-1;;;;+2/p-2. The third-order valence-corrected chi connectivity index (χ3v) is 23.4. The van der Waals surface area contributed by atoms with Gasteiger partial charge in [-0.25, -0.2) is 6.07 Å². The van der Waals surface area contributed by atoms with Crippen LogP contribution in [0.1, 0.15) is 22.3 Å². The Morgan fingerprint density at radius 3 is 1.79 bits per heavy atom. The minimum atomic E-state index is -1.65. The third-order valence-electron chi connectivity index (χ3n) is 3.65. The van der Waals surface area contributed by atoms with E-state index in [-0.39, 0.29) is 5.43 Å². The molecular weight excluding hydrogens is 430 g/mol. The van der Waals surface area contributed by atoms with Gasteiger partial charge in [-0.15, -0.1) is 40.6 Å². The zero-order valence-corrected chi connectivity index (χ0v) is 20.3. The summed E-state index contributed by atoms with van der Waals surface area (Å²) in [5.74, 6) is 0. The van der Waals surface area contributed by atoms with Crippen LogP contribution in [0.15, 0.2) is 48.5 Å². The molecule has 0 radical (unpaired) electrons. The summed E-state index contributed by atoms with van der Waals surface area (Å²) in [4.78, 5) is 0. The Morgan fingerprint density at radius 1 is 0.875 bits per heavy atom.